The lowest BCUT2D eigenvalue weighted by molar-refractivity contribution is -0.117. The third-order valence-corrected chi connectivity index (χ3v) is 8.15. The number of nitrogens with two attached hydrogens (primary N) is 1. The van der Waals surface area contributed by atoms with E-state index in [1.165, 1.54) is 11.3 Å². The molecule has 1 atom stereocenters. The number of thiophene rings is 1. The second-order valence-corrected chi connectivity index (χ2v) is 12.3. The minimum absolute atomic E-state index is 0.195. The van der Waals surface area contributed by atoms with Crippen molar-refractivity contribution in [2.75, 3.05) is 19.4 Å². The molecule has 5 rings (SSSR count). The summed E-state index contributed by atoms with van der Waals surface area (Å²) in [6.07, 6.45) is 2.03. The van der Waals surface area contributed by atoms with Gasteiger partial charge in [0.25, 0.3) is 11.7 Å². The number of benzene rings is 2. The van der Waals surface area contributed by atoms with Gasteiger partial charge in [-0.1, -0.05) is 30.3 Å². The van der Waals surface area contributed by atoms with Crippen LogP contribution in [-0.2, 0) is 29.0 Å². The number of carbonyl (C=O) groups excluding carboxylic acids is 3. The van der Waals surface area contributed by atoms with Crippen LogP contribution < -0.4 is 15.8 Å². The first-order chi connectivity index (χ1) is 19.5. The standard InChI is InChI=1S/C31H34N4O5S/c1-31(2,3)40-30(38)26-22-13-19(14-34-29(37)27(36)23-15-33-24-8-6-5-7-21(23)24)35(17-25(22)41-28(26)32)16-18-9-11-20(39-4)12-10-18/h5-12,15,19,33H,13-14,16-17,32H2,1-4H3,(H,34,37). The first-order valence-electron chi connectivity index (χ1n) is 13.4. The van der Waals surface area contributed by atoms with E-state index < -0.39 is 23.3 Å². The molecule has 1 aliphatic heterocycles. The predicted molar refractivity (Wildman–Crippen MR) is 159 cm³/mol. The number of para-hydroxylation sites is 1. The van der Waals surface area contributed by atoms with E-state index in [0.29, 0.717) is 41.0 Å². The van der Waals surface area contributed by atoms with Gasteiger partial charge >= 0.3 is 5.97 Å². The Morgan fingerprint density at radius 2 is 1.85 bits per heavy atom. The van der Waals surface area contributed by atoms with Gasteiger partial charge in [-0.2, -0.15) is 0 Å². The Labute approximate surface area is 242 Å². The zero-order valence-electron chi connectivity index (χ0n) is 23.6. The van der Waals surface area contributed by atoms with Crippen LogP contribution in [0.4, 0.5) is 5.00 Å². The van der Waals surface area contributed by atoms with Crippen LogP contribution in [0, 0.1) is 0 Å². The second-order valence-electron chi connectivity index (χ2n) is 11.1. The molecule has 9 nitrogen and oxygen atoms in total. The maximum atomic E-state index is 13.1. The van der Waals surface area contributed by atoms with Gasteiger partial charge in [0, 0.05) is 47.7 Å². The van der Waals surface area contributed by atoms with E-state index in [0.717, 1.165) is 27.3 Å². The highest BCUT2D eigenvalue weighted by Crippen LogP contribution is 2.38. The van der Waals surface area contributed by atoms with E-state index in [4.69, 9.17) is 15.2 Å². The van der Waals surface area contributed by atoms with Crippen LogP contribution in [0.1, 0.15) is 57.5 Å². The van der Waals surface area contributed by atoms with Gasteiger partial charge in [0.2, 0.25) is 0 Å². The lowest BCUT2D eigenvalue weighted by atomic mass is 9.95. The van der Waals surface area contributed by atoms with Crippen molar-refractivity contribution < 1.29 is 23.9 Å². The van der Waals surface area contributed by atoms with Crippen molar-refractivity contribution in [2.45, 2.75) is 51.9 Å². The molecule has 10 heteroatoms. The molecule has 0 fully saturated rings. The van der Waals surface area contributed by atoms with Crippen molar-refractivity contribution in [1.82, 2.24) is 15.2 Å². The molecular weight excluding hydrogens is 540 g/mol. The Bertz CT molecular complexity index is 1600. The summed E-state index contributed by atoms with van der Waals surface area (Å²) in [7, 11) is 1.63. The molecule has 0 radical (unpaired) electrons. The van der Waals surface area contributed by atoms with E-state index in [1.807, 2.05) is 69.3 Å². The number of rotatable bonds is 8. The first-order valence-corrected chi connectivity index (χ1v) is 14.2. The fraction of sp³-hybridized carbons (Fsp3) is 0.323. The quantitative estimate of drug-likeness (QED) is 0.158. The summed E-state index contributed by atoms with van der Waals surface area (Å²) in [6, 6.07) is 15.0. The average Bonchev–Trinajstić information content (AvgIpc) is 3.50. The number of amides is 1. The van der Waals surface area contributed by atoms with Gasteiger partial charge in [-0.3, -0.25) is 14.5 Å². The van der Waals surface area contributed by atoms with E-state index in [9.17, 15) is 14.4 Å². The maximum Gasteiger partial charge on any atom is 0.341 e. The molecule has 0 saturated heterocycles. The normalized spacial score (nSPS) is 15.4. The second kappa shape index (κ2) is 11.4. The Morgan fingerprint density at radius 1 is 1.12 bits per heavy atom. The highest BCUT2D eigenvalue weighted by molar-refractivity contribution is 7.16. The average molecular weight is 575 g/mol. The number of H-pyrrole nitrogens is 1. The smallest absolute Gasteiger partial charge is 0.341 e. The number of fused-ring (bicyclic) bond motifs is 2. The van der Waals surface area contributed by atoms with Crippen LogP contribution in [-0.4, -0.2) is 52.8 Å². The minimum Gasteiger partial charge on any atom is -0.497 e. The van der Waals surface area contributed by atoms with Crippen molar-refractivity contribution >= 4 is 44.9 Å². The van der Waals surface area contributed by atoms with Crippen LogP contribution in [0.25, 0.3) is 10.9 Å². The van der Waals surface area contributed by atoms with Crippen molar-refractivity contribution in [3.05, 3.63) is 81.9 Å². The summed E-state index contributed by atoms with van der Waals surface area (Å²) < 4.78 is 11.0. The summed E-state index contributed by atoms with van der Waals surface area (Å²) >= 11 is 1.39. The summed E-state index contributed by atoms with van der Waals surface area (Å²) in [4.78, 5) is 45.5. The molecule has 4 aromatic rings. The number of ketones is 1. The molecule has 0 aliphatic carbocycles. The van der Waals surface area contributed by atoms with Crippen molar-refractivity contribution in [1.29, 1.82) is 0 Å². The topological polar surface area (TPSA) is 127 Å². The molecule has 3 heterocycles. The summed E-state index contributed by atoms with van der Waals surface area (Å²) in [5.74, 6) is -0.965. The number of anilines is 1. The van der Waals surface area contributed by atoms with Crippen molar-refractivity contribution in [2.24, 2.45) is 0 Å². The molecule has 0 saturated carbocycles. The SMILES string of the molecule is COc1ccc(CN2Cc3sc(N)c(C(=O)OC(C)(C)C)c3CC2CNC(=O)C(=O)c2c[nH]c3ccccc23)cc1. The van der Waals surface area contributed by atoms with Crippen molar-refractivity contribution in [3.8, 4) is 5.75 Å². The number of nitrogens with zero attached hydrogens (tertiary/aromatic N) is 1. The number of nitrogen functional groups attached to an aromatic ring is 1. The van der Waals surface area contributed by atoms with Gasteiger partial charge in [0.1, 0.15) is 16.4 Å². The van der Waals surface area contributed by atoms with E-state index in [-0.39, 0.29) is 12.6 Å². The van der Waals surface area contributed by atoms with Crippen LogP contribution in [0.5, 0.6) is 5.75 Å². The minimum atomic E-state index is -0.679. The monoisotopic (exact) mass is 574 g/mol. The Hall–Kier alpha value is -4.15. The number of hydrogen-bond donors (Lipinski definition) is 3. The highest BCUT2D eigenvalue weighted by Gasteiger charge is 2.35. The van der Waals surface area contributed by atoms with E-state index >= 15 is 0 Å². The molecule has 4 N–H and O–H groups in total. The number of nitrogens with one attached hydrogen (secondary N) is 2. The van der Waals surface area contributed by atoms with Gasteiger partial charge in [-0.15, -0.1) is 11.3 Å². The molecule has 1 amide bonds. The number of Topliss-reactive ketones (excluding diaryl/α,β-unsaturated/α-hetero) is 1. The number of aromatic amines is 1. The molecule has 0 bridgehead atoms. The first kappa shape index (κ1) is 28.4. The Balaban J connectivity index is 1.39. The van der Waals surface area contributed by atoms with Crippen LogP contribution >= 0.6 is 11.3 Å². The molecule has 1 aliphatic rings. The number of methoxy groups -OCH3 is 1. The molecule has 1 unspecified atom stereocenters. The summed E-state index contributed by atoms with van der Waals surface area (Å²) in [5, 5.41) is 3.98. The zero-order chi connectivity index (χ0) is 29.3. The predicted octanol–water partition coefficient (Wildman–Crippen LogP) is 4.70. The number of hydrogen-bond acceptors (Lipinski definition) is 8. The molecule has 0 spiro atoms. The Kier molecular flexibility index (Phi) is 7.88. The lowest BCUT2D eigenvalue weighted by Gasteiger charge is -2.36. The molecule has 41 heavy (non-hydrogen) atoms. The highest BCUT2D eigenvalue weighted by atomic mass is 32.1. The zero-order valence-corrected chi connectivity index (χ0v) is 24.4. The number of esters is 1. The molecular formula is C31H34N4O5S. The molecule has 2 aromatic carbocycles. The van der Waals surface area contributed by atoms with Crippen LogP contribution in [0.15, 0.2) is 54.7 Å². The molecule has 2 aromatic heterocycles. The Morgan fingerprint density at radius 3 is 2.56 bits per heavy atom. The molecule has 214 valence electrons. The van der Waals surface area contributed by atoms with Gasteiger partial charge < -0.3 is 25.5 Å². The maximum absolute atomic E-state index is 13.1. The van der Waals surface area contributed by atoms with E-state index in [2.05, 4.69) is 15.2 Å². The fourth-order valence-corrected chi connectivity index (χ4v) is 6.25. The van der Waals surface area contributed by atoms with Gasteiger partial charge in [0.05, 0.1) is 18.2 Å². The summed E-state index contributed by atoms with van der Waals surface area (Å²) in [5.41, 5.74) is 9.11. The number of carbonyl (C=O) groups is 3. The lowest BCUT2D eigenvalue weighted by Crippen LogP contribution is -2.48. The van der Waals surface area contributed by atoms with Gasteiger partial charge in [0.15, 0.2) is 0 Å². The third-order valence-electron chi connectivity index (χ3n) is 7.11. The third kappa shape index (κ3) is 6.13. The van der Waals surface area contributed by atoms with Gasteiger partial charge in [-0.25, -0.2) is 4.79 Å². The number of ether oxygens (including phenoxy) is 2. The van der Waals surface area contributed by atoms with Crippen LogP contribution in [0.2, 0.25) is 0 Å². The number of aromatic nitrogens is 1. The van der Waals surface area contributed by atoms with Crippen molar-refractivity contribution in [3.63, 3.8) is 0 Å². The fourth-order valence-electron chi connectivity index (χ4n) is 5.13. The van der Waals surface area contributed by atoms with E-state index in [1.54, 1.807) is 13.3 Å². The van der Waals surface area contributed by atoms with Crippen LogP contribution in [0.3, 0.4) is 0 Å². The summed E-state index contributed by atoms with van der Waals surface area (Å²) in [6.45, 7) is 6.81. The van der Waals surface area contributed by atoms with Gasteiger partial charge in [-0.05, 0) is 56.5 Å². The largest absolute Gasteiger partial charge is 0.497 e.